The third-order valence-corrected chi connectivity index (χ3v) is 3.73. The summed E-state index contributed by atoms with van der Waals surface area (Å²) in [7, 11) is -1.20. The van der Waals surface area contributed by atoms with Crippen LogP contribution in [0.5, 0.6) is 0 Å². The van der Waals surface area contributed by atoms with Gasteiger partial charge in [0.05, 0.1) is 10.5 Å². The highest BCUT2D eigenvalue weighted by Crippen LogP contribution is 2.17. The molecule has 17 heavy (non-hydrogen) atoms. The van der Waals surface area contributed by atoms with Gasteiger partial charge in [0, 0.05) is 0 Å². The van der Waals surface area contributed by atoms with Gasteiger partial charge in [0.25, 0.3) is 0 Å². The first-order chi connectivity index (χ1) is 7.82. The Morgan fingerprint density at radius 2 is 1.71 bits per heavy atom. The van der Waals surface area contributed by atoms with E-state index in [0.29, 0.717) is 0 Å². The van der Waals surface area contributed by atoms with Crippen molar-refractivity contribution in [2.75, 3.05) is 0 Å². The van der Waals surface area contributed by atoms with Crippen LogP contribution in [0.25, 0.3) is 0 Å². The Kier molecular flexibility index (Phi) is 4.63. The van der Waals surface area contributed by atoms with E-state index in [9.17, 15) is 4.21 Å². The van der Waals surface area contributed by atoms with Crippen LogP contribution in [0.2, 0.25) is 0 Å². The van der Waals surface area contributed by atoms with Crippen LogP contribution in [0, 0.1) is 5.92 Å². The summed E-state index contributed by atoms with van der Waals surface area (Å²) in [4.78, 5) is 0. The molecule has 0 spiro atoms. The molecule has 0 unspecified atom stereocenters. The van der Waals surface area contributed by atoms with Crippen molar-refractivity contribution in [3.05, 3.63) is 35.9 Å². The molecule has 0 N–H and O–H groups in total. The molecule has 0 saturated carbocycles. The van der Waals surface area contributed by atoms with E-state index in [-0.39, 0.29) is 10.7 Å². The Morgan fingerprint density at radius 3 is 2.12 bits per heavy atom. The standard InChI is InChI=1S/C14H21NOS/c1-11(2)13(12-9-7-6-8-10-12)15-17(16)14(3,4)5/h6-11H,1-5H3/b15-13+/t17-/m0/s1. The second-order valence-corrected chi connectivity index (χ2v) is 7.26. The van der Waals surface area contributed by atoms with Crippen LogP contribution in [0.4, 0.5) is 0 Å². The Labute approximate surface area is 107 Å². The zero-order valence-corrected chi connectivity index (χ0v) is 12.0. The molecular formula is C14H21NOS. The summed E-state index contributed by atoms with van der Waals surface area (Å²) in [6.45, 7) is 9.97. The molecule has 0 radical (unpaired) electrons. The molecule has 94 valence electrons. The fourth-order valence-corrected chi connectivity index (χ4v) is 2.10. The summed E-state index contributed by atoms with van der Waals surface area (Å²) in [5.74, 6) is 0.267. The van der Waals surface area contributed by atoms with E-state index < -0.39 is 11.0 Å². The van der Waals surface area contributed by atoms with Crippen molar-refractivity contribution in [1.82, 2.24) is 0 Å². The van der Waals surface area contributed by atoms with Crippen molar-refractivity contribution >= 4 is 16.7 Å². The maximum atomic E-state index is 12.1. The van der Waals surface area contributed by atoms with Gasteiger partial charge in [0.15, 0.2) is 0 Å². The van der Waals surface area contributed by atoms with Crippen LogP contribution < -0.4 is 0 Å². The van der Waals surface area contributed by atoms with E-state index in [2.05, 4.69) is 18.2 Å². The number of rotatable bonds is 3. The first-order valence-electron chi connectivity index (χ1n) is 5.88. The van der Waals surface area contributed by atoms with Crippen LogP contribution in [0.1, 0.15) is 40.2 Å². The van der Waals surface area contributed by atoms with Gasteiger partial charge in [-0.15, -0.1) is 0 Å². The normalized spacial score (nSPS) is 15.1. The highest BCUT2D eigenvalue weighted by molar-refractivity contribution is 7.85. The molecule has 0 aliphatic rings. The Bertz CT molecular complexity index is 416. The van der Waals surface area contributed by atoms with Crippen LogP contribution in [0.3, 0.4) is 0 Å². The molecule has 0 heterocycles. The molecule has 0 aromatic heterocycles. The lowest BCUT2D eigenvalue weighted by Gasteiger charge is -2.16. The molecule has 1 atom stereocenters. The molecule has 1 rings (SSSR count). The number of nitrogens with zero attached hydrogens (tertiary/aromatic N) is 1. The quantitative estimate of drug-likeness (QED) is 0.755. The van der Waals surface area contributed by atoms with E-state index in [1.54, 1.807) is 0 Å². The summed E-state index contributed by atoms with van der Waals surface area (Å²) >= 11 is 0. The van der Waals surface area contributed by atoms with Crippen LogP contribution >= 0.6 is 0 Å². The third kappa shape index (κ3) is 4.08. The average Bonchev–Trinajstić information content (AvgIpc) is 2.25. The van der Waals surface area contributed by atoms with Crippen molar-refractivity contribution in [3.8, 4) is 0 Å². The summed E-state index contributed by atoms with van der Waals surface area (Å²) in [6.07, 6.45) is 0. The molecule has 0 fully saturated rings. The first kappa shape index (κ1) is 14.1. The zero-order valence-electron chi connectivity index (χ0n) is 11.2. The molecule has 0 aliphatic carbocycles. The van der Waals surface area contributed by atoms with Gasteiger partial charge >= 0.3 is 0 Å². The Balaban J connectivity index is 3.12. The second kappa shape index (κ2) is 5.58. The van der Waals surface area contributed by atoms with Gasteiger partial charge in [0.2, 0.25) is 0 Å². The molecule has 2 nitrogen and oxygen atoms in total. The van der Waals surface area contributed by atoms with Gasteiger partial charge in [-0.2, -0.15) is 4.40 Å². The Hall–Kier alpha value is -0.960. The highest BCUT2D eigenvalue weighted by Gasteiger charge is 2.20. The van der Waals surface area contributed by atoms with Gasteiger partial charge in [-0.3, -0.25) is 0 Å². The fraction of sp³-hybridized carbons (Fsp3) is 0.500. The predicted octanol–water partition coefficient (Wildman–Crippen LogP) is 3.59. The topological polar surface area (TPSA) is 29.4 Å². The van der Waals surface area contributed by atoms with Gasteiger partial charge in [0.1, 0.15) is 11.0 Å². The second-order valence-electron chi connectivity index (χ2n) is 5.36. The minimum Gasteiger partial charge on any atom is -0.234 e. The van der Waals surface area contributed by atoms with E-state index >= 15 is 0 Å². The summed E-state index contributed by atoms with van der Waals surface area (Å²) in [5, 5.41) is 0. The summed E-state index contributed by atoms with van der Waals surface area (Å²) < 4.78 is 16.2. The van der Waals surface area contributed by atoms with E-state index in [4.69, 9.17) is 0 Å². The van der Waals surface area contributed by atoms with E-state index in [0.717, 1.165) is 11.3 Å². The van der Waals surface area contributed by atoms with Crippen molar-refractivity contribution in [2.45, 2.75) is 39.4 Å². The maximum Gasteiger partial charge on any atom is 0.145 e. The Morgan fingerprint density at radius 1 is 1.18 bits per heavy atom. The minimum atomic E-state index is -1.20. The third-order valence-electron chi connectivity index (χ3n) is 2.32. The van der Waals surface area contributed by atoms with Crippen molar-refractivity contribution in [2.24, 2.45) is 10.3 Å². The highest BCUT2D eigenvalue weighted by atomic mass is 32.2. The van der Waals surface area contributed by atoms with Crippen molar-refractivity contribution < 1.29 is 4.21 Å². The first-order valence-corrected chi connectivity index (χ1v) is 6.99. The molecule has 0 saturated heterocycles. The van der Waals surface area contributed by atoms with Crippen LogP contribution in [0.15, 0.2) is 34.7 Å². The predicted molar refractivity (Wildman–Crippen MR) is 75.7 cm³/mol. The molecule has 1 aromatic rings. The van der Waals surface area contributed by atoms with Crippen molar-refractivity contribution in [1.29, 1.82) is 0 Å². The van der Waals surface area contributed by atoms with Gasteiger partial charge < -0.3 is 0 Å². The number of benzene rings is 1. The molecule has 0 amide bonds. The smallest absolute Gasteiger partial charge is 0.145 e. The van der Waals surface area contributed by atoms with Gasteiger partial charge in [-0.25, -0.2) is 4.21 Å². The monoisotopic (exact) mass is 251 g/mol. The summed E-state index contributed by atoms with van der Waals surface area (Å²) in [6, 6.07) is 9.96. The number of hydrogen-bond acceptors (Lipinski definition) is 1. The molecule has 0 aliphatic heterocycles. The maximum absolute atomic E-state index is 12.1. The fourth-order valence-electron chi connectivity index (χ4n) is 1.33. The van der Waals surface area contributed by atoms with Crippen molar-refractivity contribution in [3.63, 3.8) is 0 Å². The zero-order chi connectivity index (χ0) is 13.1. The molecular weight excluding hydrogens is 230 g/mol. The van der Waals surface area contributed by atoms with E-state index in [1.165, 1.54) is 0 Å². The molecule has 0 bridgehead atoms. The van der Waals surface area contributed by atoms with Gasteiger partial charge in [-0.1, -0.05) is 44.2 Å². The SMILES string of the molecule is CC(C)/C(=N\[S@@](=O)C(C)(C)C)c1ccccc1. The lowest BCUT2D eigenvalue weighted by atomic mass is 10.0. The lowest BCUT2D eigenvalue weighted by Crippen LogP contribution is -2.22. The van der Waals surface area contributed by atoms with Crippen LogP contribution in [-0.4, -0.2) is 14.7 Å². The van der Waals surface area contributed by atoms with E-state index in [1.807, 2.05) is 51.1 Å². The number of hydrogen-bond donors (Lipinski definition) is 0. The van der Waals surface area contributed by atoms with Crippen LogP contribution in [-0.2, 0) is 11.0 Å². The minimum absolute atomic E-state index is 0.267. The van der Waals surface area contributed by atoms with Gasteiger partial charge in [-0.05, 0) is 32.3 Å². The largest absolute Gasteiger partial charge is 0.234 e. The molecule has 1 aromatic carbocycles. The summed E-state index contributed by atoms with van der Waals surface area (Å²) in [5.41, 5.74) is 1.97. The molecule has 3 heteroatoms. The average molecular weight is 251 g/mol. The lowest BCUT2D eigenvalue weighted by molar-refractivity contribution is 0.650.